The lowest BCUT2D eigenvalue weighted by atomic mass is 9.97. The number of rotatable bonds is 4. The summed E-state index contributed by atoms with van der Waals surface area (Å²) < 4.78 is 0. The summed E-state index contributed by atoms with van der Waals surface area (Å²) in [4.78, 5) is 31.4. The van der Waals surface area contributed by atoms with Gasteiger partial charge in [-0.15, -0.1) is 0 Å². The van der Waals surface area contributed by atoms with Gasteiger partial charge in [-0.25, -0.2) is 15.0 Å². The summed E-state index contributed by atoms with van der Waals surface area (Å²) in [6.45, 7) is 6.21. The Kier molecular flexibility index (Phi) is 4.75. The zero-order valence-corrected chi connectivity index (χ0v) is 15.7. The zero-order chi connectivity index (χ0) is 18.8. The molecular weight excluding hydrogens is 340 g/mol. The fourth-order valence-corrected chi connectivity index (χ4v) is 3.64. The Morgan fingerprint density at radius 1 is 1.33 bits per heavy atom. The first kappa shape index (κ1) is 17.5. The summed E-state index contributed by atoms with van der Waals surface area (Å²) in [5, 5.41) is 3.04. The molecule has 1 saturated heterocycles. The minimum atomic E-state index is -0.0185. The van der Waals surface area contributed by atoms with Gasteiger partial charge in [0, 0.05) is 37.9 Å². The lowest BCUT2D eigenvalue weighted by Crippen LogP contribution is -2.39. The topological polar surface area (TPSA) is 86.8 Å². The highest BCUT2D eigenvalue weighted by Crippen LogP contribution is 2.28. The summed E-state index contributed by atoms with van der Waals surface area (Å²) in [5.41, 5.74) is 3.76. The van der Waals surface area contributed by atoms with Gasteiger partial charge in [0.25, 0.3) is 5.91 Å². The Labute approximate surface area is 158 Å². The highest BCUT2D eigenvalue weighted by atomic mass is 16.2. The lowest BCUT2D eigenvalue weighted by molar-refractivity contribution is 0.0704. The number of amides is 1. The fraction of sp³-hybridized carbons (Fsp3) is 0.400. The zero-order valence-electron chi connectivity index (χ0n) is 15.7. The summed E-state index contributed by atoms with van der Waals surface area (Å²) in [7, 11) is 0. The Morgan fingerprint density at radius 3 is 2.89 bits per heavy atom. The van der Waals surface area contributed by atoms with E-state index in [9.17, 15) is 4.79 Å². The molecule has 0 bridgehead atoms. The van der Waals surface area contributed by atoms with Gasteiger partial charge < -0.3 is 15.2 Å². The number of para-hydroxylation sites is 1. The quantitative estimate of drug-likeness (QED) is 0.743. The number of benzene rings is 1. The molecule has 27 heavy (non-hydrogen) atoms. The van der Waals surface area contributed by atoms with E-state index < -0.39 is 0 Å². The van der Waals surface area contributed by atoms with E-state index in [-0.39, 0.29) is 11.8 Å². The maximum absolute atomic E-state index is 12.9. The van der Waals surface area contributed by atoms with E-state index >= 15 is 0 Å². The molecule has 4 rings (SSSR count). The van der Waals surface area contributed by atoms with E-state index in [4.69, 9.17) is 4.98 Å². The van der Waals surface area contributed by atoms with E-state index in [0.29, 0.717) is 18.1 Å². The van der Waals surface area contributed by atoms with Crippen molar-refractivity contribution in [2.24, 2.45) is 0 Å². The van der Waals surface area contributed by atoms with Gasteiger partial charge in [-0.1, -0.05) is 12.1 Å². The number of H-pyrrole nitrogens is 1. The third kappa shape index (κ3) is 3.49. The monoisotopic (exact) mass is 364 g/mol. The Morgan fingerprint density at radius 2 is 2.15 bits per heavy atom. The summed E-state index contributed by atoms with van der Waals surface area (Å²) in [6, 6.07) is 6.15. The number of aromatic amines is 1. The van der Waals surface area contributed by atoms with Crippen molar-refractivity contribution in [1.29, 1.82) is 0 Å². The van der Waals surface area contributed by atoms with Gasteiger partial charge in [0.1, 0.15) is 5.82 Å². The minimum absolute atomic E-state index is 0.0185. The number of carbonyl (C=O) groups is 1. The third-order valence-electron chi connectivity index (χ3n) is 5.06. The number of hydrogen-bond acceptors (Lipinski definition) is 5. The molecule has 0 saturated carbocycles. The number of piperidine rings is 1. The first-order valence-corrected chi connectivity index (χ1v) is 9.46. The van der Waals surface area contributed by atoms with Gasteiger partial charge in [0.05, 0.1) is 16.6 Å². The molecule has 1 fully saturated rings. The summed E-state index contributed by atoms with van der Waals surface area (Å²) >= 11 is 0. The number of anilines is 1. The smallest absolute Gasteiger partial charge is 0.257 e. The third-order valence-corrected chi connectivity index (χ3v) is 5.06. The molecule has 140 valence electrons. The molecule has 7 nitrogen and oxygen atoms in total. The van der Waals surface area contributed by atoms with Crippen LogP contribution in [0.3, 0.4) is 0 Å². The number of fused-ring (bicyclic) bond motifs is 1. The Balaban J connectivity index is 1.51. The van der Waals surface area contributed by atoms with Gasteiger partial charge in [-0.2, -0.15) is 0 Å². The van der Waals surface area contributed by atoms with Crippen molar-refractivity contribution in [3.8, 4) is 0 Å². The summed E-state index contributed by atoms with van der Waals surface area (Å²) in [6.07, 6.45) is 5.18. The second-order valence-corrected chi connectivity index (χ2v) is 7.01. The van der Waals surface area contributed by atoms with Crippen molar-refractivity contribution in [2.75, 3.05) is 25.0 Å². The van der Waals surface area contributed by atoms with Crippen LogP contribution < -0.4 is 5.32 Å². The van der Waals surface area contributed by atoms with Crippen LogP contribution in [0.4, 0.5) is 5.95 Å². The fourth-order valence-electron chi connectivity index (χ4n) is 3.64. The van der Waals surface area contributed by atoms with Crippen LogP contribution in [-0.4, -0.2) is 50.4 Å². The molecule has 3 aromatic rings. The van der Waals surface area contributed by atoms with Crippen molar-refractivity contribution in [1.82, 2.24) is 24.8 Å². The Bertz CT molecular complexity index is 949. The molecular formula is C20H24N6O. The van der Waals surface area contributed by atoms with Gasteiger partial charge in [0.2, 0.25) is 5.95 Å². The predicted molar refractivity (Wildman–Crippen MR) is 105 cm³/mol. The number of nitrogens with one attached hydrogen (secondary N) is 2. The van der Waals surface area contributed by atoms with Crippen LogP contribution in [-0.2, 0) is 0 Å². The molecule has 1 aromatic carbocycles. The molecule has 1 atom stereocenters. The van der Waals surface area contributed by atoms with Crippen molar-refractivity contribution in [2.45, 2.75) is 32.6 Å². The second kappa shape index (κ2) is 7.34. The number of likely N-dealkylation sites (tertiary alicyclic amines) is 1. The average molecular weight is 364 g/mol. The number of imidazole rings is 1. The first-order chi connectivity index (χ1) is 13.2. The van der Waals surface area contributed by atoms with Crippen LogP contribution in [0.2, 0.25) is 0 Å². The van der Waals surface area contributed by atoms with Crippen LogP contribution in [0, 0.1) is 6.92 Å². The molecule has 2 aromatic heterocycles. The van der Waals surface area contributed by atoms with Crippen LogP contribution in [0.5, 0.6) is 0 Å². The van der Waals surface area contributed by atoms with Crippen molar-refractivity contribution >= 4 is 22.9 Å². The Hall–Kier alpha value is -2.96. The van der Waals surface area contributed by atoms with Gasteiger partial charge in [-0.3, -0.25) is 4.79 Å². The number of nitrogens with zero attached hydrogens (tertiary/aromatic N) is 4. The van der Waals surface area contributed by atoms with Gasteiger partial charge >= 0.3 is 0 Å². The summed E-state index contributed by atoms with van der Waals surface area (Å²) in [5.74, 6) is 1.71. The number of aryl methyl sites for hydroxylation is 1. The van der Waals surface area contributed by atoms with Crippen LogP contribution in [0.1, 0.15) is 47.4 Å². The van der Waals surface area contributed by atoms with Gasteiger partial charge in [0.15, 0.2) is 0 Å². The molecule has 0 unspecified atom stereocenters. The largest absolute Gasteiger partial charge is 0.355 e. The SMILES string of the molecule is CCNc1ncc(C(=O)N2CCC[C@@H](c3nc4c(C)cccc4[nH]3)C2)cn1. The van der Waals surface area contributed by atoms with Crippen molar-refractivity contribution in [3.63, 3.8) is 0 Å². The van der Waals surface area contributed by atoms with E-state index in [1.165, 1.54) is 0 Å². The lowest BCUT2D eigenvalue weighted by Gasteiger charge is -2.31. The predicted octanol–water partition coefficient (Wildman–Crippen LogP) is 3.11. The molecule has 7 heteroatoms. The molecule has 0 spiro atoms. The van der Waals surface area contributed by atoms with E-state index in [1.807, 2.05) is 24.0 Å². The number of carbonyl (C=O) groups excluding carboxylic acids is 1. The standard InChI is InChI=1S/C20H24N6O/c1-3-21-20-22-10-15(11-23-20)19(27)26-9-5-7-14(12-26)18-24-16-8-4-6-13(2)17(16)25-18/h4,6,8,10-11,14H,3,5,7,9,12H2,1-2H3,(H,24,25)(H,21,22,23)/t14-/m1/s1. The van der Waals surface area contributed by atoms with Crippen molar-refractivity contribution in [3.05, 3.63) is 47.5 Å². The number of hydrogen-bond donors (Lipinski definition) is 2. The van der Waals surface area contributed by atoms with Crippen LogP contribution in [0.15, 0.2) is 30.6 Å². The van der Waals surface area contributed by atoms with E-state index in [1.54, 1.807) is 12.4 Å². The molecule has 2 N–H and O–H groups in total. The molecule has 3 heterocycles. The number of aromatic nitrogens is 4. The molecule has 0 radical (unpaired) electrons. The van der Waals surface area contributed by atoms with Crippen LogP contribution >= 0.6 is 0 Å². The first-order valence-electron chi connectivity index (χ1n) is 9.46. The van der Waals surface area contributed by atoms with Crippen LogP contribution in [0.25, 0.3) is 11.0 Å². The normalized spacial score (nSPS) is 17.3. The maximum atomic E-state index is 12.9. The minimum Gasteiger partial charge on any atom is -0.355 e. The highest BCUT2D eigenvalue weighted by molar-refractivity contribution is 5.93. The average Bonchev–Trinajstić information content (AvgIpc) is 3.14. The maximum Gasteiger partial charge on any atom is 0.257 e. The molecule has 1 amide bonds. The molecule has 0 aliphatic carbocycles. The molecule has 1 aliphatic heterocycles. The molecule has 1 aliphatic rings. The van der Waals surface area contributed by atoms with Crippen molar-refractivity contribution < 1.29 is 4.79 Å². The van der Waals surface area contributed by atoms with E-state index in [2.05, 4.69) is 33.3 Å². The van der Waals surface area contributed by atoms with E-state index in [0.717, 1.165) is 48.4 Å². The highest BCUT2D eigenvalue weighted by Gasteiger charge is 2.27. The second-order valence-electron chi connectivity index (χ2n) is 7.01. The van der Waals surface area contributed by atoms with Gasteiger partial charge in [-0.05, 0) is 38.3 Å².